The summed E-state index contributed by atoms with van der Waals surface area (Å²) in [4.78, 5) is 16.9. The number of ether oxygens (including phenoxy) is 2. The number of H-pyrrole nitrogens is 1. The van der Waals surface area contributed by atoms with E-state index in [-0.39, 0.29) is 5.91 Å². The molecule has 0 radical (unpaired) electrons. The lowest BCUT2D eigenvalue weighted by Crippen LogP contribution is -2.12. The Morgan fingerprint density at radius 3 is 2.72 bits per heavy atom. The molecule has 0 spiro atoms. The van der Waals surface area contributed by atoms with E-state index in [4.69, 9.17) is 9.47 Å². The molecule has 0 unspecified atom stereocenters. The number of aryl methyl sites for hydroxylation is 2. The van der Waals surface area contributed by atoms with Crippen LogP contribution in [0.2, 0.25) is 0 Å². The Morgan fingerprint density at radius 1 is 1.19 bits per heavy atom. The zero-order valence-electron chi connectivity index (χ0n) is 18.3. The Kier molecular flexibility index (Phi) is 5.89. The second-order valence-electron chi connectivity index (χ2n) is 7.31. The zero-order chi connectivity index (χ0) is 22.7. The number of aromatic amines is 1. The molecule has 0 aliphatic rings. The van der Waals surface area contributed by atoms with Gasteiger partial charge < -0.3 is 14.8 Å². The monoisotopic (exact) mass is 432 g/mol. The van der Waals surface area contributed by atoms with E-state index in [1.54, 1.807) is 48.5 Å². The molecule has 0 atom stereocenters. The average Bonchev–Trinajstić information content (AvgIpc) is 3.37. The minimum Gasteiger partial charge on any atom is -0.493 e. The maximum atomic E-state index is 12.8. The molecular weight excluding hydrogens is 408 g/mol. The lowest BCUT2D eigenvalue weighted by Gasteiger charge is -2.12. The quantitative estimate of drug-likeness (QED) is 0.462. The van der Waals surface area contributed by atoms with E-state index in [1.807, 2.05) is 33.0 Å². The summed E-state index contributed by atoms with van der Waals surface area (Å²) < 4.78 is 13.1. The maximum Gasteiger partial charge on any atom is 0.273 e. The molecule has 0 aliphatic carbocycles. The smallest absolute Gasteiger partial charge is 0.273 e. The van der Waals surface area contributed by atoms with Crippen molar-refractivity contribution >= 4 is 11.6 Å². The van der Waals surface area contributed by atoms with E-state index in [0.29, 0.717) is 35.2 Å². The molecule has 0 saturated carbocycles. The van der Waals surface area contributed by atoms with Gasteiger partial charge in [-0.1, -0.05) is 6.07 Å². The van der Waals surface area contributed by atoms with Gasteiger partial charge in [-0.2, -0.15) is 10.2 Å². The van der Waals surface area contributed by atoms with Crippen LogP contribution in [0.15, 0.2) is 48.8 Å². The van der Waals surface area contributed by atoms with E-state index >= 15 is 0 Å². The fourth-order valence-electron chi connectivity index (χ4n) is 3.42. The normalized spacial score (nSPS) is 10.8. The molecule has 9 heteroatoms. The number of nitrogens with one attached hydrogen (secondary N) is 2. The molecule has 0 saturated heterocycles. The second-order valence-corrected chi connectivity index (χ2v) is 7.31. The molecule has 9 nitrogen and oxygen atoms in total. The lowest BCUT2D eigenvalue weighted by atomic mass is 10.1. The Hall–Kier alpha value is -4.14. The largest absolute Gasteiger partial charge is 0.493 e. The van der Waals surface area contributed by atoms with E-state index in [1.165, 1.54) is 0 Å². The number of carbonyl (C=O) groups is 1. The molecule has 2 N–H and O–H groups in total. The van der Waals surface area contributed by atoms with Gasteiger partial charge in [0.15, 0.2) is 11.5 Å². The molecule has 0 bridgehead atoms. The number of carbonyl (C=O) groups excluding carboxylic acids is 1. The number of amides is 1. The Balaban J connectivity index is 1.50. The highest BCUT2D eigenvalue weighted by Gasteiger charge is 2.18. The van der Waals surface area contributed by atoms with Gasteiger partial charge in [-0.3, -0.25) is 19.6 Å². The first-order valence-corrected chi connectivity index (χ1v) is 10.0. The van der Waals surface area contributed by atoms with Crippen LogP contribution < -0.4 is 14.8 Å². The minimum atomic E-state index is -0.314. The lowest BCUT2D eigenvalue weighted by molar-refractivity contribution is 0.102. The summed E-state index contributed by atoms with van der Waals surface area (Å²) in [5, 5.41) is 14.4. The number of pyridine rings is 1. The fraction of sp³-hybridized carbons (Fsp3) is 0.217. The SMILES string of the molecule is COc1ccc(NC(=O)c2cc(-c3c(C)nn(C)c3C)n[nH]2)cc1OCc1cccnc1. The molecule has 0 fully saturated rings. The number of hydrogen-bond donors (Lipinski definition) is 2. The third kappa shape index (κ3) is 4.31. The van der Waals surface area contributed by atoms with Crippen LogP contribution in [0.5, 0.6) is 11.5 Å². The molecule has 4 rings (SSSR count). The van der Waals surface area contributed by atoms with Crippen LogP contribution in [0.1, 0.15) is 27.4 Å². The van der Waals surface area contributed by atoms with E-state index in [2.05, 4.69) is 25.6 Å². The van der Waals surface area contributed by atoms with Crippen LogP contribution in [0, 0.1) is 13.8 Å². The van der Waals surface area contributed by atoms with Gasteiger partial charge in [-0.15, -0.1) is 0 Å². The van der Waals surface area contributed by atoms with E-state index in [0.717, 1.165) is 22.5 Å². The van der Waals surface area contributed by atoms with Gasteiger partial charge in [-0.05, 0) is 38.1 Å². The number of aromatic nitrogens is 5. The third-order valence-electron chi connectivity index (χ3n) is 5.13. The van der Waals surface area contributed by atoms with Crippen LogP contribution in [0.25, 0.3) is 11.3 Å². The average molecular weight is 432 g/mol. The van der Waals surface area contributed by atoms with Crippen LogP contribution in [0.3, 0.4) is 0 Å². The number of anilines is 1. The number of rotatable bonds is 7. The number of benzene rings is 1. The summed E-state index contributed by atoms with van der Waals surface area (Å²) in [5.74, 6) is 0.769. The molecule has 3 heterocycles. The van der Waals surface area contributed by atoms with Gasteiger partial charge in [0.1, 0.15) is 12.3 Å². The predicted molar refractivity (Wildman–Crippen MR) is 120 cm³/mol. The maximum absolute atomic E-state index is 12.8. The van der Waals surface area contributed by atoms with Gasteiger partial charge in [0, 0.05) is 48.0 Å². The summed E-state index contributed by atoms with van der Waals surface area (Å²) in [7, 11) is 3.45. The van der Waals surface area contributed by atoms with Crippen molar-refractivity contribution in [2.24, 2.45) is 7.05 Å². The zero-order valence-corrected chi connectivity index (χ0v) is 18.3. The molecule has 0 aliphatic heterocycles. The summed E-state index contributed by atoms with van der Waals surface area (Å²) in [5.41, 5.74) is 5.26. The van der Waals surface area contributed by atoms with E-state index < -0.39 is 0 Å². The number of methoxy groups -OCH3 is 1. The summed E-state index contributed by atoms with van der Waals surface area (Å²) >= 11 is 0. The van der Waals surface area contributed by atoms with Crippen molar-refractivity contribution in [3.8, 4) is 22.8 Å². The molecule has 3 aromatic heterocycles. The molecule has 4 aromatic rings. The van der Waals surface area contributed by atoms with Gasteiger partial charge >= 0.3 is 0 Å². The number of nitrogens with zero attached hydrogens (tertiary/aromatic N) is 4. The van der Waals surface area contributed by atoms with Gasteiger partial charge in [-0.25, -0.2) is 0 Å². The van der Waals surface area contributed by atoms with Gasteiger partial charge in [0.2, 0.25) is 0 Å². The Bertz CT molecular complexity index is 1250. The van der Waals surface area contributed by atoms with Crippen molar-refractivity contribution in [2.45, 2.75) is 20.5 Å². The Labute approximate surface area is 185 Å². The second kappa shape index (κ2) is 8.93. The number of hydrogen-bond acceptors (Lipinski definition) is 6. The molecular formula is C23H24N6O3. The van der Waals surface area contributed by atoms with Crippen molar-refractivity contribution in [3.05, 3.63) is 71.4 Å². The first kappa shape index (κ1) is 21.1. The van der Waals surface area contributed by atoms with Gasteiger partial charge in [0.05, 0.1) is 18.5 Å². The fourth-order valence-corrected chi connectivity index (χ4v) is 3.42. The van der Waals surface area contributed by atoms with Crippen molar-refractivity contribution in [3.63, 3.8) is 0 Å². The van der Waals surface area contributed by atoms with Crippen LogP contribution in [0.4, 0.5) is 5.69 Å². The van der Waals surface area contributed by atoms with E-state index in [9.17, 15) is 4.79 Å². The van der Waals surface area contributed by atoms with Gasteiger partial charge in [0.25, 0.3) is 5.91 Å². The Morgan fingerprint density at radius 2 is 2.03 bits per heavy atom. The first-order chi connectivity index (χ1) is 15.5. The van der Waals surface area contributed by atoms with Crippen LogP contribution >= 0.6 is 0 Å². The standard InChI is InChI=1S/C23H24N6O3/c1-14-22(15(2)29(3)28-14)18-11-19(27-26-18)23(30)25-17-7-8-20(31-4)21(10-17)32-13-16-6-5-9-24-12-16/h5-12H,13H2,1-4H3,(H,25,30)(H,26,27). The molecule has 1 aromatic carbocycles. The van der Waals surface area contributed by atoms with Crippen LogP contribution in [-0.2, 0) is 13.7 Å². The van der Waals surface area contributed by atoms with Crippen molar-refractivity contribution in [2.75, 3.05) is 12.4 Å². The molecule has 32 heavy (non-hydrogen) atoms. The topological polar surface area (TPSA) is 107 Å². The van der Waals surface area contributed by atoms with Crippen molar-refractivity contribution in [1.29, 1.82) is 0 Å². The highest BCUT2D eigenvalue weighted by Crippen LogP contribution is 2.31. The summed E-state index contributed by atoms with van der Waals surface area (Å²) in [6.07, 6.45) is 3.44. The molecule has 1 amide bonds. The highest BCUT2D eigenvalue weighted by molar-refractivity contribution is 6.03. The predicted octanol–water partition coefficient (Wildman–Crippen LogP) is 3.66. The minimum absolute atomic E-state index is 0.314. The summed E-state index contributed by atoms with van der Waals surface area (Å²) in [6, 6.07) is 10.7. The first-order valence-electron chi connectivity index (χ1n) is 10.0. The third-order valence-corrected chi connectivity index (χ3v) is 5.13. The summed E-state index contributed by atoms with van der Waals surface area (Å²) in [6.45, 7) is 4.21. The van der Waals surface area contributed by atoms with Crippen LogP contribution in [-0.4, -0.2) is 38.0 Å². The molecule has 164 valence electrons. The van der Waals surface area contributed by atoms with Crippen molar-refractivity contribution < 1.29 is 14.3 Å². The van der Waals surface area contributed by atoms with Crippen molar-refractivity contribution in [1.82, 2.24) is 25.0 Å². The highest BCUT2D eigenvalue weighted by atomic mass is 16.5.